The van der Waals surface area contributed by atoms with Crippen molar-refractivity contribution >= 4 is 29.3 Å². The third kappa shape index (κ3) is 3.13. The van der Waals surface area contributed by atoms with Gasteiger partial charge in [-0.1, -0.05) is 30.3 Å². The first-order valence-corrected chi connectivity index (χ1v) is 9.91. The van der Waals surface area contributed by atoms with Gasteiger partial charge in [-0.2, -0.15) is 0 Å². The van der Waals surface area contributed by atoms with E-state index in [1.807, 2.05) is 30.3 Å². The zero-order valence-electron chi connectivity index (χ0n) is 14.9. The second-order valence-electron chi connectivity index (χ2n) is 6.77. The highest BCUT2D eigenvalue weighted by molar-refractivity contribution is 8.00. The molecule has 1 amide bonds. The molecule has 28 heavy (non-hydrogen) atoms. The van der Waals surface area contributed by atoms with Crippen molar-refractivity contribution in [1.29, 1.82) is 0 Å². The molecule has 2 heterocycles. The van der Waals surface area contributed by atoms with Crippen molar-refractivity contribution in [1.82, 2.24) is 4.90 Å². The van der Waals surface area contributed by atoms with Gasteiger partial charge in [-0.05, 0) is 29.7 Å². The molecule has 0 aromatic heterocycles. The van der Waals surface area contributed by atoms with Gasteiger partial charge in [-0.3, -0.25) is 14.9 Å². The van der Waals surface area contributed by atoms with Crippen LogP contribution in [0, 0.1) is 10.1 Å². The number of ether oxygens (including phenoxy) is 1. The monoisotopic (exact) mass is 398 g/mol. The molecule has 144 valence electrons. The first-order chi connectivity index (χ1) is 13.5. The summed E-state index contributed by atoms with van der Waals surface area (Å²) in [5.41, 5.74) is 1.67. The van der Waals surface area contributed by atoms with E-state index in [1.165, 1.54) is 12.1 Å². The zero-order valence-corrected chi connectivity index (χ0v) is 15.8. The fourth-order valence-corrected chi connectivity index (χ4v) is 5.42. The van der Waals surface area contributed by atoms with Crippen LogP contribution in [-0.4, -0.2) is 33.5 Å². The van der Waals surface area contributed by atoms with E-state index in [9.17, 15) is 19.7 Å². The maximum absolute atomic E-state index is 12.7. The molecule has 8 heteroatoms. The lowest BCUT2D eigenvalue weighted by molar-refractivity contribution is -0.384. The largest absolute Gasteiger partial charge is 0.459 e. The molecule has 0 radical (unpaired) electrons. The molecule has 7 nitrogen and oxygen atoms in total. The molecule has 2 aromatic rings. The van der Waals surface area contributed by atoms with Crippen LogP contribution in [-0.2, 0) is 25.8 Å². The Morgan fingerprint density at radius 3 is 2.61 bits per heavy atom. The van der Waals surface area contributed by atoms with Gasteiger partial charge in [-0.15, -0.1) is 11.8 Å². The van der Waals surface area contributed by atoms with E-state index in [0.29, 0.717) is 24.2 Å². The number of fused-ring (bicyclic) bond motifs is 1. The van der Waals surface area contributed by atoms with Gasteiger partial charge in [0.15, 0.2) is 0 Å². The summed E-state index contributed by atoms with van der Waals surface area (Å²) in [6.45, 7) is 0.0123. The van der Waals surface area contributed by atoms with E-state index >= 15 is 0 Å². The van der Waals surface area contributed by atoms with Crippen LogP contribution in [0.3, 0.4) is 0 Å². The summed E-state index contributed by atoms with van der Waals surface area (Å²) in [6, 6.07) is 15.0. The Morgan fingerprint density at radius 1 is 1.21 bits per heavy atom. The van der Waals surface area contributed by atoms with Crippen LogP contribution < -0.4 is 0 Å². The first kappa shape index (κ1) is 18.5. The van der Waals surface area contributed by atoms with Gasteiger partial charge in [0.25, 0.3) is 5.69 Å². The normalized spacial score (nSPS) is 23.5. The quantitative estimate of drug-likeness (QED) is 0.436. The number of hydrogen-bond donors (Lipinski definition) is 0. The van der Waals surface area contributed by atoms with E-state index in [0.717, 1.165) is 5.56 Å². The number of nitro groups is 1. The molecule has 0 N–H and O–H groups in total. The summed E-state index contributed by atoms with van der Waals surface area (Å²) in [6.07, 6.45) is 1.08. The number of amides is 1. The Hall–Kier alpha value is -2.87. The van der Waals surface area contributed by atoms with Gasteiger partial charge in [0, 0.05) is 24.3 Å². The summed E-state index contributed by atoms with van der Waals surface area (Å²) < 4.78 is 5.43. The number of hydrogen-bond acceptors (Lipinski definition) is 6. The van der Waals surface area contributed by atoms with Crippen LogP contribution in [0.2, 0.25) is 0 Å². The minimum Gasteiger partial charge on any atom is -0.459 e. The van der Waals surface area contributed by atoms with Crippen LogP contribution in [0.15, 0.2) is 54.6 Å². The van der Waals surface area contributed by atoms with Gasteiger partial charge in [0.2, 0.25) is 5.91 Å². The summed E-state index contributed by atoms with van der Waals surface area (Å²) >= 11 is 1.61. The summed E-state index contributed by atoms with van der Waals surface area (Å²) in [5.74, 6) is 0.00441. The number of benzene rings is 2. The van der Waals surface area contributed by atoms with Crippen molar-refractivity contribution in [3.05, 3.63) is 75.8 Å². The molecule has 4 rings (SSSR count). The Morgan fingerprint density at radius 2 is 1.93 bits per heavy atom. The second kappa shape index (κ2) is 7.27. The Bertz CT molecular complexity index is 918. The smallest absolute Gasteiger partial charge is 0.330 e. The molecule has 0 saturated carbocycles. The molecular weight excluding hydrogens is 380 g/mol. The minimum atomic E-state index is -0.627. The molecular formula is C20H18N2O5S. The van der Waals surface area contributed by atoms with E-state index in [2.05, 4.69) is 0 Å². The van der Waals surface area contributed by atoms with Gasteiger partial charge >= 0.3 is 5.97 Å². The SMILES string of the molecule is O=C(OCc1ccc([N+](=O)[O-])cc1)[C@H]1CS[C@]2(c3ccccc3)CCC(=O)N12. The van der Waals surface area contributed by atoms with Crippen LogP contribution in [0.5, 0.6) is 0 Å². The third-order valence-corrected chi connectivity index (χ3v) is 6.75. The Kier molecular flexibility index (Phi) is 4.80. The number of carbonyl (C=O) groups is 2. The molecule has 2 atom stereocenters. The molecule has 0 bridgehead atoms. The molecule has 2 aromatic carbocycles. The number of carbonyl (C=O) groups excluding carboxylic acids is 2. The average molecular weight is 398 g/mol. The molecule has 2 aliphatic heterocycles. The minimum absolute atomic E-state index is 0.0123. The van der Waals surface area contributed by atoms with E-state index in [4.69, 9.17) is 4.74 Å². The summed E-state index contributed by atoms with van der Waals surface area (Å²) in [7, 11) is 0. The maximum Gasteiger partial charge on any atom is 0.330 e. The lowest BCUT2D eigenvalue weighted by Crippen LogP contribution is -2.46. The Balaban J connectivity index is 1.48. The topological polar surface area (TPSA) is 89.7 Å². The predicted octanol–water partition coefficient (Wildman–Crippen LogP) is 3.23. The van der Waals surface area contributed by atoms with Crippen molar-refractivity contribution in [3.63, 3.8) is 0 Å². The van der Waals surface area contributed by atoms with Gasteiger partial charge < -0.3 is 9.64 Å². The molecule has 2 fully saturated rings. The van der Waals surface area contributed by atoms with Crippen LogP contribution in [0.1, 0.15) is 24.0 Å². The maximum atomic E-state index is 12.7. The van der Waals surface area contributed by atoms with Crippen molar-refractivity contribution in [3.8, 4) is 0 Å². The number of nitro benzene ring substituents is 1. The van der Waals surface area contributed by atoms with Crippen molar-refractivity contribution < 1.29 is 19.2 Å². The lowest BCUT2D eigenvalue weighted by atomic mass is 10.0. The number of nitrogens with zero attached hydrogens (tertiary/aromatic N) is 2. The van der Waals surface area contributed by atoms with Crippen molar-refractivity contribution in [2.24, 2.45) is 0 Å². The van der Waals surface area contributed by atoms with E-state index < -0.39 is 21.8 Å². The lowest BCUT2D eigenvalue weighted by Gasteiger charge is -2.33. The van der Waals surface area contributed by atoms with Crippen molar-refractivity contribution in [2.75, 3.05) is 5.75 Å². The standard InChI is InChI=1S/C20H18N2O5S/c23-18-10-11-20(15-4-2-1-3-5-15)21(18)17(13-28-20)19(24)27-12-14-6-8-16(9-7-14)22(25)26/h1-9,17H,10-13H2/t17-,20+/m1/s1. The summed E-state index contributed by atoms with van der Waals surface area (Å²) in [4.78, 5) is 36.7. The van der Waals surface area contributed by atoms with Gasteiger partial charge in [-0.25, -0.2) is 4.79 Å². The fourth-order valence-electron chi connectivity index (χ4n) is 3.78. The fraction of sp³-hybridized carbons (Fsp3) is 0.300. The van der Waals surface area contributed by atoms with E-state index in [1.54, 1.807) is 28.8 Å². The highest BCUT2D eigenvalue weighted by Gasteiger charge is 2.57. The average Bonchev–Trinajstić information content (AvgIpc) is 3.26. The first-order valence-electron chi connectivity index (χ1n) is 8.93. The number of esters is 1. The molecule has 2 saturated heterocycles. The van der Waals surface area contributed by atoms with Gasteiger partial charge in [0.05, 0.1) is 4.92 Å². The highest BCUT2D eigenvalue weighted by Crippen LogP contribution is 2.54. The number of rotatable bonds is 5. The molecule has 0 unspecified atom stereocenters. The molecule has 2 aliphatic rings. The van der Waals surface area contributed by atoms with Gasteiger partial charge in [0.1, 0.15) is 17.5 Å². The van der Waals surface area contributed by atoms with E-state index in [-0.39, 0.29) is 18.2 Å². The highest BCUT2D eigenvalue weighted by atomic mass is 32.2. The number of non-ortho nitro benzene ring substituents is 1. The van der Waals surface area contributed by atoms with Crippen molar-refractivity contribution in [2.45, 2.75) is 30.4 Å². The third-order valence-electron chi connectivity index (χ3n) is 5.15. The zero-order chi connectivity index (χ0) is 19.7. The van der Waals surface area contributed by atoms with Crippen LogP contribution in [0.25, 0.3) is 0 Å². The Labute approximate surface area is 165 Å². The predicted molar refractivity (Wildman–Crippen MR) is 103 cm³/mol. The second-order valence-corrected chi connectivity index (χ2v) is 8.07. The van der Waals surface area contributed by atoms with Crippen LogP contribution in [0.4, 0.5) is 5.69 Å². The molecule has 0 aliphatic carbocycles. The number of thioether (sulfide) groups is 1. The van der Waals surface area contributed by atoms with Crippen LogP contribution >= 0.6 is 11.8 Å². The summed E-state index contributed by atoms with van der Waals surface area (Å²) in [5, 5.41) is 10.7. The molecule has 0 spiro atoms.